The molecule has 1 aromatic carbocycles. The first kappa shape index (κ1) is 13.5. The van der Waals surface area contributed by atoms with Crippen LogP contribution >= 0.6 is 0 Å². The molecule has 1 aliphatic heterocycles. The summed E-state index contributed by atoms with van der Waals surface area (Å²) in [5.41, 5.74) is 1.34. The van der Waals surface area contributed by atoms with E-state index in [9.17, 15) is 0 Å². The van der Waals surface area contributed by atoms with Crippen LogP contribution in [0.5, 0.6) is 0 Å². The fourth-order valence-corrected chi connectivity index (χ4v) is 2.10. The molecule has 0 amide bonds. The predicted molar refractivity (Wildman–Crippen MR) is 70.3 cm³/mol. The number of ether oxygens (including phenoxy) is 1. The minimum Gasteiger partial charge on any atom is -0.376 e. The summed E-state index contributed by atoms with van der Waals surface area (Å²) in [6, 6.07) is 10.4. The van der Waals surface area contributed by atoms with Crippen LogP contribution in [-0.2, 0) is 20.9 Å². The number of aryl methyl sites for hydroxylation is 1. The third kappa shape index (κ3) is 5.17. The molecule has 1 aromatic rings. The molecule has 0 saturated carbocycles. The Morgan fingerprint density at radius 1 is 1.11 bits per heavy atom. The maximum Gasteiger partial charge on any atom is 0.108 e. The van der Waals surface area contributed by atoms with Crippen molar-refractivity contribution in [1.82, 2.24) is 0 Å². The van der Waals surface area contributed by atoms with Crippen LogP contribution < -0.4 is 0 Å². The lowest BCUT2D eigenvalue weighted by Gasteiger charge is -2.21. The molecule has 1 aliphatic rings. The van der Waals surface area contributed by atoms with Crippen molar-refractivity contribution in [2.45, 2.75) is 38.2 Å². The third-order valence-corrected chi connectivity index (χ3v) is 3.15. The molecule has 1 atom stereocenters. The molecular formula is C15H22O3. The Morgan fingerprint density at radius 3 is 2.78 bits per heavy atom. The number of hydrogen-bond acceptors (Lipinski definition) is 3. The van der Waals surface area contributed by atoms with E-state index >= 15 is 0 Å². The van der Waals surface area contributed by atoms with Gasteiger partial charge in [0.25, 0.3) is 0 Å². The molecule has 2 rings (SSSR count). The van der Waals surface area contributed by atoms with E-state index in [4.69, 9.17) is 14.5 Å². The fraction of sp³-hybridized carbons (Fsp3) is 0.600. The van der Waals surface area contributed by atoms with Crippen LogP contribution in [0.3, 0.4) is 0 Å². The lowest BCUT2D eigenvalue weighted by molar-refractivity contribution is -0.309. The Hall–Kier alpha value is -0.900. The van der Waals surface area contributed by atoms with Gasteiger partial charge in [-0.05, 0) is 37.7 Å². The summed E-state index contributed by atoms with van der Waals surface area (Å²) in [5, 5.41) is 0. The Balaban J connectivity index is 1.46. The molecule has 1 heterocycles. The van der Waals surface area contributed by atoms with Crippen LogP contribution in [0.1, 0.15) is 31.2 Å². The fourth-order valence-electron chi connectivity index (χ4n) is 2.10. The van der Waals surface area contributed by atoms with E-state index in [0.717, 1.165) is 25.9 Å². The zero-order chi connectivity index (χ0) is 12.5. The van der Waals surface area contributed by atoms with Gasteiger partial charge in [0.05, 0.1) is 12.7 Å². The monoisotopic (exact) mass is 250 g/mol. The highest BCUT2D eigenvalue weighted by Crippen LogP contribution is 2.12. The second-order valence-electron chi connectivity index (χ2n) is 4.68. The largest absolute Gasteiger partial charge is 0.376 e. The summed E-state index contributed by atoms with van der Waals surface area (Å²) in [6.45, 7) is 2.06. The third-order valence-electron chi connectivity index (χ3n) is 3.15. The van der Waals surface area contributed by atoms with E-state index in [-0.39, 0.29) is 6.10 Å². The van der Waals surface area contributed by atoms with Crippen molar-refractivity contribution < 1.29 is 14.5 Å². The highest BCUT2D eigenvalue weighted by atomic mass is 17.2. The number of hydrogen-bond donors (Lipinski definition) is 0. The molecule has 1 unspecified atom stereocenters. The molecule has 18 heavy (non-hydrogen) atoms. The van der Waals surface area contributed by atoms with Crippen LogP contribution in [-0.4, -0.2) is 25.9 Å². The van der Waals surface area contributed by atoms with Crippen molar-refractivity contribution in [1.29, 1.82) is 0 Å². The van der Waals surface area contributed by atoms with Gasteiger partial charge < -0.3 is 4.74 Å². The van der Waals surface area contributed by atoms with Crippen LogP contribution in [0.4, 0.5) is 0 Å². The van der Waals surface area contributed by atoms with Crippen LogP contribution in [0.25, 0.3) is 0 Å². The summed E-state index contributed by atoms with van der Waals surface area (Å²) < 4.78 is 5.55. The van der Waals surface area contributed by atoms with Crippen molar-refractivity contribution in [3.05, 3.63) is 35.9 Å². The molecule has 0 aliphatic carbocycles. The Kier molecular flexibility index (Phi) is 6.20. The Bertz CT molecular complexity index is 307. The van der Waals surface area contributed by atoms with Crippen molar-refractivity contribution in [3.8, 4) is 0 Å². The van der Waals surface area contributed by atoms with Gasteiger partial charge >= 0.3 is 0 Å². The number of benzene rings is 1. The molecule has 0 N–H and O–H groups in total. The highest BCUT2D eigenvalue weighted by Gasteiger charge is 2.13. The first-order valence-electron chi connectivity index (χ1n) is 6.85. The van der Waals surface area contributed by atoms with Crippen molar-refractivity contribution >= 4 is 0 Å². The minimum atomic E-state index is 0.230. The van der Waals surface area contributed by atoms with Crippen LogP contribution in [0.2, 0.25) is 0 Å². The van der Waals surface area contributed by atoms with E-state index in [1.807, 2.05) is 6.07 Å². The van der Waals surface area contributed by atoms with E-state index in [1.165, 1.54) is 18.4 Å². The van der Waals surface area contributed by atoms with Gasteiger partial charge in [-0.2, -0.15) is 0 Å². The van der Waals surface area contributed by atoms with Gasteiger partial charge in [-0.15, -0.1) is 0 Å². The second kappa shape index (κ2) is 8.25. The molecule has 1 fully saturated rings. The first-order chi connectivity index (χ1) is 8.95. The summed E-state index contributed by atoms with van der Waals surface area (Å²) in [7, 11) is 0. The van der Waals surface area contributed by atoms with Gasteiger partial charge in [0.15, 0.2) is 0 Å². The summed E-state index contributed by atoms with van der Waals surface area (Å²) in [5.74, 6) is 0. The zero-order valence-corrected chi connectivity index (χ0v) is 10.8. The van der Waals surface area contributed by atoms with Gasteiger partial charge in [-0.3, -0.25) is 0 Å². The second-order valence-corrected chi connectivity index (χ2v) is 4.68. The molecule has 0 spiro atoms. The van der Waals surface area contributed by atoms with Crippen molar-refractivity contribution in [2.24, 2.45) is 0 Å². The van der Waals surface area contributed by atoms with Gasteiger partial charge in [-0.1, -0.05) is 30.3 Å². The van der Waals surface area contributed by atoms with Gasteiger partial charge in [0.1, 0.15) is 6.61 Å². The average molecular weight is 250 g/mol. The Labute approximate surface area is 109 Å². The van der Waals surface area contributed by atoms with Gasteiger partial charge in [0.2, 0.25) is 0 Å². The quantitative estimate of drug-likeness (QED) is 0.423. The molecule has 3 nitrogen and oxygen atoms in total. The maximum atomic E-state index is 5.55. The molecule has 0 bridgehead atoms. The number of rotatable bonds is 7. The standard InChI is InChI=1S/C15H22O3/c1-2-7-14(8-3-1)9-6-12-17-18-13-15-10-4-5-11-16-15/h1-3,7-8,15H,4-6,9-13H2. The molecule has 0 radical (unpaired) electrons. The van der Waals surface area contributed by atoms with Crippen molar-refractivity contribution in [3.63, 3.8) is 0 Å². The smallest absolute Gasteiger partial charge is 0.108 e. The first-order valence-corrected chi connectivity index (χ1v) is 6.85. The van der Waals surface area contributed by atoms with Crippen molar-refractivity contribution in [2.75, 3.05) is 19.8 Å². The van der Waals surface area contributed by atoms with E-state index in [2.05, 4.69) is 24.3 Å². The molecule has 100 valence electrons. The molecule has 1 saturated heterocycles. The summed E-state index contributed by atoms with van der Waals surface area (Å²) in [6.07, 6.45) is 5.75. The lowest BCUT2D eigenvalue weighted by Crippen LogP contribution is -2.24. The maximum absolute atomic E-state index is 5.55. The SMILES string of the molecule is c1ccc(CCCOOCC2CCCCO2)cc1. The van der Waals surface area contributed by atoms with Crippen LogP contribution in [0.15, 0.2) is 30.3 Å². The Morgan fingerprint density at radius 2 is 2.00 bits per heavy atom. The van der Waals surface area contributed by atoms with Crippen LogP contribution in [0, 0.1) is 0 Å². The molecule has 0 aromatic heterocycles. The lowest BCUT2D eigenvalue weighted by atomic mass is 10.1. The normalized spacial score (nSPS) is 19.9. The summed E-state index contributed by atoms with van der Waals surface area (Å²) in [4.78, 5) is 10.4. The molecule has 3 heteroatoms. The highest BCUT2D eigenvalue weighted by molar-refractivity contribution is 5.14. The van der Waals surface area contributed by atoms with E-state index in [0.29, 0.717) is 13.2 Å². The zero-order valence-electron chi connectivity index (χ0n) is 10.8. The average Bonchev–Trinajstić information content (AvgIpc) is 2.45. The predicted octanol–water partition coefficient (Wildman–Crippen LogP) is 3.14. The topological polar surface area (TPSA) is 27.7 Å². The van der Waals surface area contributed by atoms with Gasteiger partial charge in [0, 0.05) is 6.61 Å². The van der Waals surface area contributed by atoms with E-state index in [1.54, 1.807) is 0 Å². The summed E-state index contributed by atoms with van der Waals surface area (Å²) >= 11 is 0. The van der Waals surface area contributed by atoms with Gasteiger partial charge in [-0.25, -0.2) is 9.78 Å². The van der Waals surface area contributed by atoms with E-state index < -0.39 is 0 Å². The molecular weight excluding hydrogens is 228 g/mol. The minimum absolute atomic E-state index is 0.230.